The van der Waals surface area contributed by atoms with Gasteiger partial charge in [-0.25, -0.2) is 14.4 Å². The second kappa shape index (κ2) is 7.59. The molecular formula is C23H16O6. The van der Waals surface area contributed by atoms with Crippen molar-refractivity contribution in [3.8, 4) is 22.6 Å². The van der Waals surface area contributed by atoms with Crippen LogP contribution in [0, 0.1) is 0 Å². The molecule has 2 aromatic carbocycles. The third-order valence-electron chi connectivity index (χ3n) is 4.42. The first-order valence-electron chi connectivity index (χ1n) is 9.03. The van der Waals surface area contributed by atoms with Crippen molar-refractivity contribution in [2.45, 2.75) is 6.92 Å². The molecule has 0 saturated carbocycles. The van der Waals surface area contributed by atoms with Gasteiger partial charge in [0.15, 0.2) is 11.1 Å². The van der Waals surface area contributed by atoms with Gasteiger partial charge in [-0.15, -0.1) is 0 Å². The van der Waals surface area contributed by atoms with E-state index in [1.807, 2.05) is 6.07 Å². The van der Waals surface area contributed by atoms with Crippen LogP contribution >= 0.6 is 0 Å². The maximum atomic E-state index is 12.8. The monoisotopic (exact) mass is 388 g/mol. The van der Waals surface area contributed by atoms with E-state index < -0.39 is 17.2 Å². The molecule has 0 radical (unpaired) electrons. The highest BCUT2D eigenvalue weighted by molar-refractivity contribution is 6.08. The Kier molecular flexibility index (Phi) is 4.83. The molecule has 144 valence electrons. The molecule has 0 amide bonds. The van der Waals surface area contributed by atoms with E-state index in [9.17, 15) is 14.4 Å². The Hall–Kier alpha value is -3.93. The van der Waals surface area contributed by atoms with E-state index in [-0.39, 0.29) is 34.5 Å². The minimum absolute atomic E-state index is 0.0118. The van der Waals surface area contributed by atoms with E-state index in [4.69, 9.17) is 13.6 Å². The summed E-state index contributed by atoms with van der Waals surface area (Å²) in [4.78, 5) is 38.0. The summed E-state index contributed by atoms with van der Waals surface area (Å²) in [7, 11) is 0. The number of ether oxygens (including phenoxy) is 1. The van der Waals surface area contributed by atoms with Gasteiger partial charge in [-0.2, -0.15) is 0 Å². The van der Waals surface area contributed by atoms with Gasteiger partial charge in [0.25, 0.3) is 0 Å². The van der Waals surface area contributed by atoms with Crippen molar-refractivity contribution in [3.05, 3.63) is 93.1 Å². The molecule has 2 heterocycles. The minimum Gasteiger partial charge on any atom is -0.462 e. The van der Waals surface area contributed by atoms with Gasteiger partial charge in [-0.05, 0) is 13.0 Å². The summed E-state index contributed by atoms with van der Waals surface area (Å²) < 4.78 is 15.9. The number of fused-ring (bicyclic) bond motifs is 1. The summed E-state index contributed by atoms with van der Waals surface area (Å²) in [6, 6.07) is 19.2. The molecule has 0 aliphatic rings. The molecule has 0 fully saturated rings. The second-order valence-corrected chi connectivity index (χ2v) is 6.23. The third-order valence-corrected chi connectivity index (χ3v) is 4.42. The van der Waals surface area contributed by atoms with Crippen LogP contribution in [-0.4, -0.2) is 12.6 Å². The molecule has 29 heavy (non-hydrogen) atoms. The van der Waals surface area contributed by atoms with Crippen LogP contribution in [0.3, 0.4) is 0 Å². The molecule has 0 bridgehead atoms. The van der Waals surface area contributed by atoms with Gasteiger partial charge in [0, 0.05) is 16.5 Å². The molecule has 4 rings (SSSR count). The lowest BCUT2D eigenvalue weighted by Gasteiger charge is -2.11. The van der Waals surface area contributed by atoms with Crippen LogP contribution in [0.15, 0.2) is 85.2 Å². The largest absolute Gasteiger partial charge is 0.462 e. The summed E-state index contributed by atoms with van der Waals surface area (Å²) in [5, 5.41) is -0.193. The first-order valence-corrected chi connectivity index (χ1v) is 9.03. The Morgan fingerprint density at radius 1 is 0.862 bits per heavy atom. The smallest absolute Gasteiger partial charge is 0.351 e. The molecule has 0 spiro atoms. The van der Waals surface area contributed by atoms with Crippen molar-refractivity contribution >= 4 is 16.7 Å². The third kappa shape index (κ3) is 3.36. The highest BCUT2D eigenvalue weighted by Crippen LogP contribution is 2.30. The Morgan fingerprint density at radius 2 is 1.45 bits per heavy atom. The number of carbonyl (C=O) groups excluding carboxylic acids is 1. The fourth-order valence-corrected chi connectivity index (χ4v) is 3.14. The Morgan fingerprint density at radius 3 is 2.07 bits per heavy atom. The molecule has 0 unspecified atom stereocenters. The zero-order chi connectivity index (χ0) is 20.4. The van der Waals surface area contributed by atoms with Gasteiger partial charge in [-0.3, -0.25) is 0 Å². The van der Waals surface area contributed by atoms with Gasteiger partial charge in [-0.1, -0.05) is 60.7 Å². The van der Waals surface area contributed by atoms with E-state index in [0.29, 0.717) is 11.1 Å². The topological polar surface area (TPSA) is 86.7 Å². The van der Waals surface area contributed by atoms with E-state index in [2.05, 4.69) is 0 Å². The molecule has 6 nitrogen and oxygen atoms in total. The number of benzene rings is 2. The van der Waals surface area contributed by atoms with Gasteiger partial charge in [0.2, 0.25) is 0 Å². The number of rotatable bonds is 4. The standard InChI is InChI=1S/C23H16O6/c1-2-27-21(24)18-16-13-17(14-9-5-3-6-10-14)28-22(25)19(16)23(26)29-20(18)15-11-7-4-8-12-15/h3-13H,2H2,1H3. The van der Waals surface area contributed by atoms with Crippen LogP contribution in [0.5, 0.6) is 0 Å². The van der Waals surface area contributed by atoms with Crippen LogP contribution in [0.4, 0.5) is 0 Å². The van der Waals surface area contributed by atoms with Crippen LogP contribution in [0.1, 0.15) is 17.3 Å². The predicted octanol–water partition coefficient (Wildman–Crippen LogP) is 4.26. The zero-order valence-corrected chi connectivity index (χ0v) is 15.5. The van der Waals surface area contributed by atoms with E-state index in [1.54, 1.807) is 61.5 Å². The SMILES string of the molecule is CCOC(=O)c1c(-c2ccccc2)oc(=O)c2c(=O)oc(-c3ccccc3)cc12. The lowest BCUT2D eigenvalue weighted by atomic mass is 10.0. The molecule has 4 aromatic rings. The number of hydrogen-bond donors (Lipinski definition) is 0. The normalized spacial score (nSPS) is 10.8. The lowest BCUT2D eigenvalue weighted by Crippen LogP contribution is -2.17. The van der Waals surface area contributed by atoms with Crippen molar-refractivity contribution < 1.29 is 18.4 Å². The van der Waals surface area contributed by atoms with Crippen molar-refractivity contribution in [1.29, 1.82) is 0 Å². The van der Waals surface area contributed by atoms with E-state index in [0.717, 1.165) is 0 Å². The van der Waals surface area contributed by atoms with E-state index >= 15 is 0 Å². The Balaban J connectivity index is 2.12. The fourth-order valence-electron chi connectivity index (χ4n) is 3.14. The Bertz CT molecular complexity index is 1290. The van der Waals surface area contributed by atoms with Gasteiger partial charge >= 0.3 is 17.2 Å². The first kappa shape index (κ1) is 18.4. The summed E-state index contributed by atoms with van der Waals surface area (Å²) >= 11 is 0. The molecule has 0 aliphatic carbocycles. The molecule has 0 aliphatic heterocycles. The van der Waals surface area contributed by atoms with Crippen molar-refractivity contribution in [2.24, 2.45) is 0 Å². The predicted molar refractivity (Wildman–Crippen MR) is 108 cm³/mol. The maximum Gasteiger partial charge on any atom is 0.351 e. The van der Waals surface area contributed by atoms with E-state index in [1.165, 1.54) is 6.07 Å². The molecule has 0 N–H and O–H groups in total. The van der Waals surface area contributed by atoms with Gasteiger partial charge in [0.05, 0.1) is 6.61 Å². The molecule has 6 heteroatoms. The van der Waals surface area contributed by atoms with Gasteiger partial charge in [0.1, 0.15) is 11.3 Å². The maximum absolute atomic E-state index is 12.8. The molecule has 0 saturated heterocycles. The summed E-state index contributed by atoms with van der Waals surface area (Å²) in [5.74, 6) is -0.408. The second-order valence-electron chi connectivity index (χ2n) is 6.23. The zero-order valence-electron chi connectivity index (χ0n) is 15.5. The molecule has 2 aromatic heterocycles. The highest BCUT2D eigenvalue weighted by Gasteiger charge is 2.25. The van der Waals surface area contributed by atoms with Crippen LogP contribution in [0.2, 0.25) is 0 Å². The van der Waals surface area contributed by atoms with Crippen molar-refractivity contribution in [3.63, 3.8) is 0 Å². The quantitative estimate of drug-likeness (QED) is 0.486. The molecular weight excluding hydrogens is 372 g/mol. The summed E-state index contributed by atoms with van der Waals surface area (Å²) in [5.41, 5.74) is -0.585. The average Bonchev–Trinajstić information content (AvgIpc) is 2.74. The highest BCUT2D eigenvalue weighted by atomic mass is 16.5. The Labute approximate surface area is 165 Å². The van der Waals surface area contributed by atoms with Crippen molar-refractivity contribution in [2.75, 3.05) is 6.61 Å². The summed E-state index contributed by atoms with van der Waals surface area (Å²) in [6.07, 6.45) is 0. The van der Waals surface area contributed by atoms with Crippen LogP contribution in [0.25, 0.3) is 33.4 Å². The lowest BCUT2D eigenvalue weighted by molar-refractivity contribution is 0.0527. The van der Waals surface area contributed by atoms with Crippen molar-refractivity contribution in [1.82, 2.24) is 0 Å². The molecule has 0 atom stereocenters. The average molecular weight is 388 g/mol. The minimum atomic E-state index is -0.875. The first-order chi connectivity index (χ1) is 14.1. The fraction of sp³-hybridized carbons (Fsp3) is 0.0870. The van der Waals surface area contributed by atoms with Crippen LogP contribution in [-0.2, 0) is 4.74 Å². The number of hydrogen-bond acceptors (Lipinski definition) is 6. The summed E-state index contributed by atoms with van der Waals surface area (Å²) in [6.45, 7) is 1.80. The number of carbonyl (C=O) groups is 1. The van der Waals surface area contributed by atoms with Gasteiger partial charge < -0.3 is 13.6 Å². The van der Waals surface area contributed by atoms with Crippen LogP contribution < -0.4 is 11.3 Å². The number of esters is 1.